The topological polar surface area (TPSA) is 17.1 Å². The van der Waals surface area contributed by atoms with Gasteiger partial charge in [-0.3, -0.25) is 0 Å². The summed E-state index contributed by atoms with van der Waals surface area (Å²) < 4.78 is 8.25. The van der Waals surface area contributed by atoms with Gasteiger partial charge in [-0.05, 0) is 0 Å². The van der Waals surface area contributed by atoms with Gasteiger partial charge in [-0.1, -0.05) is 0 Å². The fourth-order valence-corrected chi connectivity index (χ4v) is 0. The summed E-state index contributed by atoms with van der Waals surface area (Å²) in [6.45, 7) is 0. The van der Waals surface area contributed by atoms with E-state index in [0.29, 0.717) is 0 Å². The normalized spacial score (nSPS) is 0.750. The molecule has 0 aliphatic rings. The average molecular weight is 332 g/mol. The molecule has 0 aliphatic heterocycles. The third-order valence-electron chi connectivity index (χ3n) is 0. The van der Waals surface area contributed by atoms with Gasteiger partial charge in [0.25, 0.3) is 0 Å². The van der Waals surface area contributed by atoms with E-state index in [2.05, 4.69) is 0 Å². The maximum atomic E-state index is 8.25. The Kier molecular flexibility index (Phi) is 66.8. The minimum atomic E-state index is 0. The first kappa shape index (κ1) is 15.8. The number of hydrogen-bond donors (Lipinski definition) is 0. The summed E-state index contributed by atoms with van der Waals surface area (Å²) in [6, 6.07) is 0. The molecule has 0 spiro atoms. The molecule has 0 aliphatic carbocycles. The Morgan fingerprint density at radius 2 is 1.50 bits per heavy atom. The molecule has 0 bridgehead atoms. The third-order valence-corrected chi connectivity index (χ3v) is 0. The summed E-state index contributed by atoms with van der Waals surface area (Å²) >= 11 is 0.750. The molecule has 18 valence electrons. The van der Waals surface area contributed by atoms with Gasteiger partial charge in [0.15, 0.2) is 0 Å². The Morgan fingerprint density at radius 3 is 1.50 bits per heavy atom. The Bertz CT molecular complexity index is 13.5. The molecule has 0 heterocycles. The zero-order chi connectivity index (χ0) is 2.00. The SMILES string of the molecule is [H-].[H-].[Hf].[O]=[Ti].[Sr+2]. The average Bonchev–Trinajstić information content (AvgIpc) is 1.00. The van der Waals surface area contributed by atoms with Crippen LogP contribution in [-0.2, 0) is 49.6 Å². The molecule has 0 amide bonds. The maximum Gasteiger partial charge on any atom is 2.00 e. The molecule has 0 saturated heterocycles. The van der Waals surface area contributed by atoms with Crippen molar-refractivity contribution in [3.8, 4) is 0 Å². The minimum Gasteiger partial charge on any atom is 2.00 e. The van der Waals surface area contributed by atoms with Gasteiger partial charge in [0.05, 0.1) is 0 Å². The van der Waals surface area contributed by atoms with Crippen molar-refractivity contribution in [1.82, 2.24) is 0 Å². The third kappa shape index (κ3) is 8.85. The second kappa shape index (κ2) is 16.9. The number of rotatable bonds is 0. The first-order chi connectivity index (χ1) is 1.00. The quantitative estimate of drug-likeness (QED) is 0.558. The molecule has 0 aromatic rings. The van der Waals surface area contributed by atoms with E-state index in [1.807, 2.05) is 0 Å². The monoisotopic (exact) mass is 334 g/mol. The van der Waals surface area contributed by atoms with E-state index in [4.69, 9.17) is 3.32 Å². The molecule has 1 nitrogen and oxygen atoms in total. The van der Waals surface area contributed by atoms with Crippen molar-refractivity contribution in [3.63, 3.8) is 0 Å². The summed E-state index contributed by atoms with van der Waals surface area (Å²) in [4.78, 5) is 0. The van der Waals surface area contributed by atoms with Crippen LogP contribution in [0, 0.1) is 0 Å². The van der Waals surface area contributed by atoms with Crippen molar-refractivity contribution in [3.05, 3.63) is 0 Å². The van der Waals surface area contributed by atoms with Crippen LogP contribution in [0.4, 0.5) is 0 Å². The van der Waals surface area contributed by atoms with Gasteiger partial charge < -0.3 is 2.85 Å². The molecule has 0 N–H and O–H groups in total. The fraction of sp³-hybridized carbons (Fsp3) is 0. The zero-order valence-corrected chi connectivity index (χ0v) is 10.7. The van der Waals surface area contributed by atoms with Gasteiger partial charge in [-0.2, -0.15) is 0 Å². The Labute approximate surface area is 95.7 Å². The molecule has 0 aromatic carbocycles. The maximum absolute atomic E-state index is 8.25. The van der Waals surface area contributed by atoms with E-state index < -0.39 is 0 Å². The molecule has 4 heavy (non-hydrogen) atoms. The summed E-state index contributed by atoms with van der Waals surface area (Å²) in [5, 5.41) is 0. The summed E-state index contributed by atoms with van der Waals surface area (Å²) in [5.74, 6) is 0. The summed E-state index contributed by atoms with van der Waals surface area (Å²) in [5.41, 5.74) is 0. The summed E-state index contributed by atoms with van der Waals surface area (Å²) in [6.07, 6.45) is 0. The van der Waals surface area contributed by atoms with Crippen molar-refractivity contribution in [1.29, 1.82) is 0 Å². The van der Waals surface area contributed by atoms with E-state index in [0.717, 1.165) is 20.4 Å². The van der Waals surface area contributed by atoms with Crippen LogP contribution in [0.3, 0.4) is 0 Å². The molecule has 0 fully saturated rings. The predicted molar refractivity (Wildman–Crippen MR) is 8.66 cm³/mol. The molecule has 0 saturated carbocycles. The van der Waals surface area contributed by atoms with Crippen LogP contribution in [0.15, 0.2) is 0 Å². The van der Waals surface area contributed by atoms with Crippen LogP contribution in [0.25, 0.3) is 0 Å². The second-order valence-electron chi connectivity index (χ2n) is 0. The van der Waals surface area contributed by atoms with Gasteiger partial charge in [0.1, 0.15) is 0 Å². The largest absolute Gasteiger partial charge is 2.00 e. The molecule has 0 unspecified atom stereocenters. The van der Waals surface area contributed by atoms with Crippen molar-refractivity contribution >= 4 is 45.5 Å². The van der Waals surface area contributed by atoms with Crippen LogP contribution in [-0.4, -0.2) is 45.5 Å². The van der Waals surface area contributed by atoms with Crippen molar-refractivity contribution in [2.45, 2.75) is 0 Å². The zero-order valence-electron chi connectivity index (χ0n) is 4.12. The van der Waals surface area contributed by atoms with E-state index >= 15 is 0 Å². The van der Waals surface area contributed by atoms with E-state index in [9.17, 15) is 0 Å². The number of hydrogen-bond acceptors (Lipinski definition) is 1. The minimum absolute atomic E-state index is 0. The molecular weight excluding hydrogens is 330 g/mol. The van der Waals surface area contributed by atoms with Gasteiger partial charge in [-0.25, -0.2) is 0 Å². The van der Waals surface area contributed by atoms with Crippen LogP contribution < -0.4 is 0 Å². The predicted octanol–water partition coefficient (Wildman–Crippen LogP) is -0.280. The standard InChI is InChI=1S/Hf.O.Sr.Ti.2H/q;;+2;;2*-1. The van der Waals surface area contributed by atoms with Gasteiger partial charge in [0, 0.05) is 25.8 Å². The van der Waals surface area contributed by atoms with Crippen molar-refractivity contribution in [2.24, 2.45) is 0 Å². The van der Waals surface area contributed by atoms with Crippen LogP contribution in [0.5, 0.6) is 0 Å². The van der Waals surface area contributed by atoms with Crippen molar-refractivity contribution < 1.29 is 52.4 Å². The van der Waals surface area contributed by atoms with Crippen LogP contribution in [0.1, 0.15) is 2.85 Å². The van der Waals surface area contributed by atoms with Gasteiger partial charge in [-0.15, -0.1) is 0 Å². The first-order valence-electron chi connectivity index (χ1n) is 0.204. The van der Waals surface area contributed by atoms with Crippen LogP contribution >= 0.6 is 0 Å². The second-order valence-corrected chi connectivity index (χ2v) is 0. The van der Waals surface area contributed by atoms with E-state index in [1.54, 1.807) is 0 Å². The Hall–Kier alpha value is 2.86. The fourth-order valence-electron chi connectivity index (χ4n) is 0. The van der Waals surface area contributed by atoms with E-state index in [-0.39, 0.29) is 74.2 Å². The van der Waals surface area contributed by atoms with Gasteiger partial charge in [0.2, 0.25) is 0 Å². The molecule has 4 heteroatoms. The molecular formula is H2HfOSrTi. The summed E-state index contributed by atoms with van der Waals surface area (Å²) in [7, 11) is 0. The molecule has 0 atom stereocenters. The van der Waals surface area contributed by atoms with E-state index in [1.165, 1.54) is 0 Å². The molecule has 0 aromatic heterocycles. The van der Waals surface area contributed by atoms with Gasteiger partial charge >= 0.3 is 69.2 Å². The smallest absolute Gasteiger partial charge is 2.00 e. The van der Waals surface area contributed by atoms with Crippen molar-refractivity contribution in [2.75, 3.05) is 0 Å². The first-order valence-corrected chi connectivity index (χ1v) is 0.842. The Balaban J connectivity index is -0.000000000833. The molecule has 0 rings (SSSR count). The van der Waals surface area contributed by atoms with Crippen LogP contribution in [0.2, 0.25) is 0 Å². The Morgan fingerprint density at radius 1 is 1.50 bits per heavy atom. The molecule has 0 radical (unpaired) electrons.